The van der Waals surface area contributed by atoms with Gasteiger partial charge < -0.3 is 5.11 Å². The minimum Gasteiger partial charge on any atom is -0.391 e. The van der Waals surface area contributed by atoms with Gasteiger partial charge in [-0.3, -0.25) is 0 Å². The van der Waals surface area contributed by atoms with Crippen LogP contribution in [0, 0.1) is 12.8 Å². The third-order valence-corrected chi connectivity index (χ3v) is 8.07. The highest BCUT2D eigenvalue weighted by Gasteiger charge is 2.40. The number of aliphatic hydroxyl groups excluding tert-OH is 1. The first-order valence-corrected chi connectivity index (χ1v) is 10.0. The maximum atomic E-state index is 13.0. The Labute approximate surface area is 130 Å². The van der Waals surface area contributed by atoms with Crippen LogP contribution in [-0.2, 0) is 16.6 Å². The molecule has 3 rings (SSSR count). The molecule has 0 amide bonds. The molecule has 0 bridgehead atoms. The lowest BCUT2D eigenvalue weighted by Gasteiger charge is -2.43. The zero-order chi connectivity index (χ0) is 15.0. The highest BCUT2D eigenvalue weighted by atomic mass is 32.2. The van der Waals surface area contributed by atoms with Crippen LogP contribution in [0.1, 0.15) is 48.3 Å². The molecule has 118 valence electrons. The SMILES string of the molecule is Cc1sc(CO)cc1S(=O)(=O)N1CCCC2CCCCC21. The van der Waals surface area contributed by atoms with Crippen LogP contribution in [0.5, 0.6) is 0 Å². The monoisotopic (exact) mass is 329 g/mol. The largest absolute Gasteiger partial charge is 0.391 e. The molecule has 1 saturated carbocycles. The fraction of sp³-hybridized carbons (Fsp3) is 0.733. The molecule has 6 heteroatoms. The normalized spacial score (nSPS) is 27.5. The Morgan fingerprint density at radius 1 is 1.29 bits per heavy atom. The Hall–Kier alpha value is -0.430. The van der Waals surface area contributed by atoms with Crippen molar-refractivity contribution >= 4 is 21.4 Å². The molecule has 1 aromatic rings. The number of aliphatic hydroxyl groups is 1. The molecule has 1 saturated heterocycles. The van der Waals surface area contributed by atoms with Gasteiger partial charge in [0.05, 0.1) is 11.5 Å². The molecule has 2 atom stereocenters. The van der Waals surface area contributed by atoms with Crippen LogP contribution in [0.15, 0.2) is 11.0 Å². The number of thiophene rings is 1. The second-order valence-electron chi connectivity index (χ2n) is 6.16. The molecule has 21 heavy (non-hydrogen) atoms. The molecule has 0 aromatic carbocycles. The summed E-state index contributed by atoms with van der Waals surface area (Å²) in [5.41, 5.74) is 0. The summed E-state index contributed by atoms with van der Waals surface area (Å²) in [6, 6.07) is 1.84. The Balaban J connectivity index is 1.94. The minimum atomic E-state index is -3.42. The average molecular weight is 329 g/mol. The van der Waals surface area contributed by atoms with Gasteiger partial charge in [-0.25, -0.2) is 8.42 Å². The number of nitrogens with zero attached hydrogens (tertiary/aromatic N) is 1. The number of hydrogen-bond acceptors (Lipinski definition) is 4. The smallest absolute Gasteiger partial charge is 0.244 e. The molecule has 1 aliphatic carbocycles. The quantitative estimate of drug-likeness (QED) is 0.927. The summed E-state index contributed by atoms with van der Waals surface area (Å²) in [5.74, 6) is 0.540. The summed E-state index contributed by atoms with van der Waals surface area (Å²) in [6.07, 6.45) is 6.68. The lowest BCUT2D eigenvalue weighted by molar-refractivity contribution is 0.129. The lowest BCUT2D eigenvalue weighted by atomic mass is 9.79. The lowest BCUT2D eigenvalue weighted by Crippen LogP contribution is -2.49. The first kappa shape index (κ1) is 15.5. The van der Waals surface area contributed by atoms with Crippen LogP contribution in [-0.4, -0.2) is 30.4 Å². The molecule has 2 unspecified atom stereocenters. The molecule has 2 aliphatic rings. The van der Waals surface area contributed by atoms with Gasteiger partial charge in [0.25, 0.3) is 0 Å². The van der Waals surface area contributed by atoms with E-state index >= 15 is 0 Å². The predicted molar refractivity (Wildman–Crippen MR) is 83.9 cm³/mol. The van der Waals surface area contributed by atoms with Crippen LogP contribution < -0.4 is 0 Å². The van der Waals surface area contributed by atoms with Gasteiger partial charge in [0.1, 0.15) is 0 Å². The van der Waals surface area contributed by atoms with E-state index in [1.165, 1.54) is 30.6 Å². The van der Waals surface area contributed by atoms with Crippen molar-refractivity contribution in [2.75, 3.05) is 6.54 Å². The van der Waals surface area contributed by atoms with Gasteiger partial charge in [-0.15, -0.1) is 11.3 Å². The number of aryl methyl sites for hydroxylation is 1. The van der Waals surface area contributed by atoms with Crippen molar-refractivity contribution in [3.05, 3.63) is 15.8 Å². The van der Waals surface area contributed by atoms with Gasteiger partial charge in [-0.1, -0.05) is 12.8 Å². The average Bonchev–Trinajstić information content (AvgIpc) is 2.88. The molecule has 0 spiro atoms. The summed E-state index contributed by atoms with van der Waals surface area (Å²) >= 11 is 1.38. The second kappa shape index (κ2) is 5.99. The van der Waals surface area contributed by atoms with Crippen molar-refractivity contribution in [2.45, 2.75) is 63.0 Å². The number of rotatable bonds is 3. The third kappa shape index (κ3) is 2.79. The van der Waals surface area contributed by atoms with Crippen molar-refractivity contribution in [3.8, 4) is 0 Å². The van der Waals surface area contributed by atoms with Gasteiger partial charge in [0.2, 0.25) is 10.0 Å². The van der Waals surface area contributed by atoms with Crippen molar-refractivity contribution < 1.29 is 13.5 Å². The van der Waals surface area contributed by atoms with E-state index in [-0.39, 0.29) is 12.6 Å². The molecule has 1 N–H and O–H groups in total. The van der Waals surface area contributed by atoms with E-state index in [9.17, 15) is 13.5 Å². The highest BCUT2D eigenvalue weighted by molar-refractivity contribution is 7.89. The van der Waals surface area contributed by atoms with E-state index in [4.69, 9.17) is 0 Å². The van der Waals surface area contributed by atoms with Crippen LogP contribution in [0.4, 0.5) is 0 Å². The van der Waals surface area contributed by atoms with Crippen LogP contribution in [0.25, 0.3) is 0 Å². The Kier molecular flexibility index (Phi) is 4.41. The van der Waals surface area contributed by atoms with Gasteiger partial charge in [0.15, 0.2) is 0 Å². The summed E-state index contributed by atoms with van der Waals surface area (Å²) in [7, 11) is -3.42. The molecular formula is C15H23NO3S2. The van der Waals surface area contributed by atoms with E-state index in [0.29, 0.717) is 17.4 Å². The van der Waals surface area contributed by atoms with Gasteiger partial charge in [-0.2, -0.15) is 4.31 Å². The highest BCUT2D eigenvalue weighted by Crippen LogP contribution is 2.39. The second-order valence-corrected chi connectivity index (χ2v) is 9.36. The Bertz CT molecular complexity index is 606. The van der Waals surface area contributed by atoms with Gasteiger partial charge >= 0.3 is 0 Å². The Morgan fingerprint density at radius 3 is 2.71 bits per heavy atom. The minimum absolute atomic E-state index is 0.0902. The maximum absolute atomic E-state index is 13.0. The summed E-state index contributed by atoms with van der Waals surface area (Å²) in [5, 5.41) is 9.24. The fourth-order valence-electron chi connectivity index (χ4n) is 3.86. The van der Waals surface area contributed by atoms with Gasteiger partial charge in [0, 0.05) is 22.3 Å². The fourth-order valence-corrected chi connectivity index (χ4v) is 7.08. The molecular weight excluding hydrogens is 306 g/mol. The molecule has 1 aromatic heterocycles. The molecule has 0 radical (unpaired) electrons. The van der Waals surface area contributed by atoms with E-state index in [1.807, 2.05) is 6.92 Å². The van der Waals surface area contributed by atoms with E-state index in [1.54, 1.807) is 10.4 Å². The standard InChI is InChI=1S/C15H23NO3S2/c1-11-15(9-13(10-17)20-11)21(18,19)16-8-4-6-12-5-2-3-7-14(12)16/h9,12,14,17H,2-8,10H2,1H3. The first-order valence-electron chi connectivity index (χ1n) is 7.76. The van der Waals surface area contributed by atoms with Gasteiger partial charge in [-0.05, 0) is 44.6 Å². The first-order chi connectivity index (χ1) is 10.0. The molecule has 4 nitrogen and oxygen atoms in total. The Morgan fingerprint density at radius 2 is 2.00 bits per heavy atom. The van der Waals surface area contributed by atoms with E-state index in [2.05, 4.69) is 0 Å². The molecule has 2 fully saturated rings. The summed E-state index contributed by atoms with van der Waals surface area (Å²) < 4.78 is 27.8. The molecule has 2 heterocycles. The zero-order valence-corrected chi connectivity index (χ0v) is 14.0. The summed E-state index contributed by atoms with van der Waals surface area (Å²) in [6.45, 7) is 2.39. The van der Waals surface area contributed by atoms with Crippen molar-refractivity contribution in [1.82, 2.24) is 4.31 Å². The number of piperidine rings is 1. The van der Waals surface area contributed by atoms with Crippen molar-refractivity contribution in [3.63, 3.8) is 0 Å². The van der Waals surface area contributed by atoms with E-state index in [0.717, 1.165) is 29.0 Å². The van der Waals surface area contributed by atoms with Crippen molar-refractivity contribution in [1.29, 1.82) is 0 Å². The predicted octanol–water partition coefficient (Wildman–Crippen LogP) is 2.89. The number of hydrogen-bond donors (Lipinski definition) is 1. The van der Waals surface area contributed by atoms with Crippen LogP contribution >= 0.6 is 11.3 Å². The zero-order valence-electron chi connectivity index (χ0n) is 12.4. The van der Waals surface area contributed by atoms with Crippen molar-refractivity contribution in [2.24, 2.45) is 5.92 Å². The third-order valence-electron chi connectivity index (χ3n) is 4.86. The molecule has 1 aliphatic heterocycles. The summed E-state index contributed by atoms with van der Waals surface area (Å²) in [4.78, 5) is 1.92. The number of fused-ring (bicyclic) bond motifs is 1. The van der Waals surface area contributed by atoms with Crippen LogP contribution in [0.3, 0.4) is 0 Å². The van der Waals surface area contributed by atoms with E-state index < -0.39 is 10.0 Å². The van der Waals surface area contributed by atoms with Crippen LogP contribution in [0.2, 0.25) is 0 Å². The number of sulfonamides is 1. The maximum Gasteiger partial charge on any atom is 0.244 e. The topological polar surface area (TPSA) is 57.6 Å².